The molecule has 0 aliphatic heterocycles. The van der Waals surface area contributed by atoms with E-state index in [9.17, 15) is 8.42 Å². The lowest BCUT2D eigenvalue weighted by molar-refractivity contribution is 0.594. The molecule has 0 aliphatic rings. The number of nitrogens with zero attached hydrogens (tertiary/aromatic N) is 1. The van der Waals surface area contributed by atoms with Crippen molar-refractivity contribution in [1.29, 1.82) is 0 Å². The lowest BCUT2D eigenvalue weighted by Crippen LogP contribution is -2.05. The highest BCUT2D eigenvalue weighted by molar-refractivity contribution is 7.99. The Labute approximate surface area is 139 Å². The molecule has 0 amide bonds. The maximum Gasteiger partial charge on any atom is 0.207 e. The molecule has 0 atom stereocenters. The summed E-state index contributed by atoms with van der Waals surface area (Å²) >= 11 is 1.42. The molecule has 3 aromatic rings. The van der Waals surface area contributed by atoms with Gasteiger partial charge in [-0.1, -0.05) is 18.2 Å². The minimum atomic E-state index is -3.54. The topological polar surface area (TPSA) is 62.8 Å². The largest absolute Gasteiger partial charge is 0.345 e. The zero-order valence-corrected chi connectivity index (χ0v) is 14.4. The van der Waals surface area contributed by atoms with Crippen LogP contribution in [0.3, 0.4) is 0 Å². The third-order valence-electron chi connectivity index (χ3n) is 3.61. The van der Waals surface area contributed by atoms with Gasteiger partial charge in [0.2, 0.25) is 9.84 Å². The Bertz CT molecular complexity index is 919. The van der Waals surface area contributed by atoms with Gasteiger partial charge in [0.25, 0.3) is 0 Å². The van der Waals surface area contributed by atoms with E-state index < -0.39 is 9.84 Å². The van der Waals surface area contributed by atoms with Gasteiger partial charge in [0.1, 0.15) is 5.82 Å². The van der Waals surface area contributed by atoms with E-state index in [1.165, 1.54) is 11.8 Å². The molecule has 1 aromatic heterocycles. The molecule has 0 aliphatic carbocycles. The lowest BCUT2D eigenvalue weighted by Gasteiger charge is -2.13. The zero-order chi connectivity index (χ0) is 16.4. The molecule has 1 N–H and O–H groups in total. The summed E-state index contributed by atoms with van der Waals surface area (Å²) in [6.45, 7) is 1.89. The number of aryl methyl sites for hydroxylation is 1. The van der Waals surface area contributed by atoms with E-state index in [0.717, 1.165) is 17.0 Å². The van der Waals surface area contributed by atoms with Gasteiger partial charge in [-0.15, -0.1) is 11.8 Å². The number of H-pyrrole nitrogens is 1. The van der Waals surface area contributed by atoms with Crippen molar-refractivity contribution in [3.8, 4) is 11.4 Å². The summed E-state index contributed by atoms with van der Waals surface area (Å²) in [4.78, 5) is 8.68. The normalized spacial score (nSPS) is 11.6. The summed E-state index contributed by atoms with van der Waals surface area (Å²) in [5.74, 6) is 0.737. The number of rotatable bonds is 4. The van der Waals surface area contributed by atoms with Gasteiger partial charge in [-0.2, -0.15) is 0 Å². The van der Waals surface area contributed by atoms with Crippen molar-refractivity contribution in [3.05, 3.63) is 60.4 Å². The lowest BCUT2D eigenvalue weighted by atomic mass is 10.1. The van der Waals surface area contributed by atoms with Gasteiger partial charge in [0.05, 0.1) is 9.79 Å². The van der Waals surface area contributed by atoms with Crippen molar-refractivity contribution < 1.29 is 8.42 Å². The number of nitrogens with one attached hydrogen (secondary N) is 1. The molecule has 0 fully saturated rings. The standard InChI is InChI=1S/C17H16N2O2S2/c1-12-10-16(23(20,21)13-6-4-3-5-7-13)15(22-2)11-14(12)17-18-8-9-19-17/h3-11H,1-2H3,(H,18,19). The molecule has 3 rings (SSSR count). The molecule has 0 unspecified atom stereocenters. The summed E-state index contributed by atoms with van der Waals surface area (Å²) in [5, 5.41) is 0. The van der Waals surface area contributed by atoms with E-state index in [4.69, 9.17) is 0 Å². The number of thioether (sulfide) groups is 1. The SMILES string of the molecule is CSc1cc(-c2ncc[nH]2)c(C)cc1S(=O)(=O)c1ccccc1. The third kappa shape index (κ3) is 2.92. The second-order valence-corrected chi connectivity index (χ2v) is 7.84. The van der Waals surface area contributed by atoms with Crippen LogP contribution in [0.1, 0.15) is 5.56 Å². The van der Waals surface area contributed by atoms with Crippen molar-refractivity contribution in [2.75, 3.05) is 6.26 Å². The summed E-state index contributed by atoms with van der Waals surface area (Å²) in [5.41, 5.74) is 1.78. The van der Waals surface area contributed by atoms with E-state index in [1.807, 2.05) is 19.2 Å². The first-order valence-corrected chi connectivity index (χ1v) is 9.73. The van der Waals surface area contributed by atoms with E-state index >= 15 is 0 Å². The number of aromatic amines is 1. The minimum Gasteiger partial charge on any atom is -0.345 e. The number of aromatic nitrogens is 2. The Kier molecular flexibility index (Phi) is 4.28. The molecular formula is C17H16N2O2S2. The van der Waals surface area contributed by atoms with Crippen LogP contribution in [0.2, 0.25) is 0 Å². The molecule has 0 spiro atoms. The van der Waals surface area contributed by atoms with Crippen LogP contribution in [0, 0.1) is 6.92 Å². The summed E-state index contributed by atoms with van der Waals surface area (Å²) in [7, 11) is -3.54. The number of hydrogen-bond donors (Lipinski definition) is 1. The fourth-order valence-electron chi connectivity index (χ4n) is 2.43. The van der Waals surface area contributed by atoms with Gasteiger partial charge >= 0.3 is 0 Å². The molecule has 23 heavy (non-hydrogen) atoms. The maximum absolute atomic E-state index is 12.9. The van der Waals surface area contributed by atoms with Crippen LogP contribution in [0.5, 0.6) is 0 Å². The van der Waals surface area contributed by atoms with Crippen LogP contribution in [0.25, 0.3) is 11.4 Å². The molecule has 0 radical (unpaired) electrons. The Morgan fingerprint density at radius 3 is 2.48 bits per heavy atom. The predicted octanol–water partition coefficient (Wildman–Crippen LogP) is 3.94. The van der Waals surface area contributed by atoms with Gasteiger partial charge in [-0.25, -0.2) is 13.4 Å². The fraction of sp³-hybridized carbons (Fsp3) is 0.118. The Morgan fingerprint density at radius 2 is 1.87 bits per heavy atom. The van der Waals surface area contributed by atoms with Crippen molar-refractivity contribution in [1.82, 2.24) is 9.97 Å². The molecular weight excluding hydrogens is 328 g/mol. The summed E-state index contributed by atoms with van der Waals surface area (Å²) in [6.07, 6.45) is 5.31. The highest BCUT2D eigenvalue weighted by Crippen LogP contribution is 2.34. The van der Waals surface area contributed by atoms with Crippen LogP contribution in [0.4, 0.5) is 0 Å². The minimum absolute atomic E-state index is 0.306. The molecule has 0 saturated carbocycles. The van der Waals surface area contributed by atoms with Crippen molar-refractivity contribution in [2.24, 2.45) is 0 Å². The smallest absolute Gasteiger partial charge is 0.207 e. The Hall–Kier alpha value is -2.05. The number of hydrogen-bond acceptors (Lipinski definition) is 4. The predicted molar refractivity (Wildman–Crippen MR) is 92.4 cm³/mol. The second-order valence-electron chi connectivity index (χ2n) is 5.07. The van der Waals surface area contributed by atoms with Gasteiger partial charge in [-0.05, 0) is 43.0 Å². The molecule has 118 valence electrons. The Morgan fingerprint density at radius 1 is 1.13 bits per heavy atom. The van der Waals surface area contributed by atoms with Crippen LogP contribution in [-0.4, -0.2) is 24.6 Å². The van der Waals surface area contributed by atoms with E-state index in [0.29, 0.717) is 14.7 Å². The van der Waals surface area contributed by atoms with Crippen LogP contribution < -0.4 is 0 Å². The number of benzene rings is 2. The number of imidazole rings is 1. The Balaban J connectivity index is 2.19. The van der Waals surface area contributed by atoms with Crippen LogP contribution >= 0.6 is 11.8 Å². The zero-order valence-electron chi connectivity index (χ0n) is 12.8. The highest BCUT2D eigenvalue weighted by atomic mass is 32.2. The third-order valence-corrected chi connectivity index (χ3v) is 6.32. The van der Waals surface area contributed by atoms with Gasteiger partial charge in [0, 0.05) is 22.9 Å². The molecule has 4 nitrogen and oxygen atoms in total. The van der Waals surface area contributed by atoms with Crippen LogP contribution in [0.15, 0.2) is 69.5 Å². The number of sulfone groups is 1. The average molecular weight is 344 g/mol. The maximum atomic E-state index is 12.9. The molecule has 2 aromatic carbocycles. The van der Waals surface area contributed by atoms with Crippen molar-refractivity contribution in [2.45, 2.75) is 21.6 Å². The van der Waals surface area contributed by atoms with E-state index in [2.05, 4.69) is 9.97 Å². The summed E-state index contributed by atoms with van der Waals surface area (Å²) < 4.78 is 25.9. The second kappa shape index (κ2) is 6.22. The van der Waals surface area contributed by atoms with E-state index in [-0.39, 0.29) is 0 Å². The van der Waals surface area contributed by atoms with Crippen LogP contribution in [-0.2, 0) is 9.84 Å². The quantitative estimate of drug-likeness (QED) is 0.728. The first-order chi connectivity index (χ1) is 11.0. The monoisotopic (exact) mass is 344 g/mol. The highest BCUT2D eigenvalue weighted by Gasteiger charge is 2.23. The summed E-state index contributed by atoms with van der Waals surface area (Å²) in [6, 6.07) is 12.1. The molecule has 0 bridgehead atoms. The van der Waals surface area contributed by atoms with E-state index in [1.54, 1.807) is 48.8 Å². The fourth-order valence-corrected chi connectivity index (χ4v) is 4.93. The van der Waals surface area contributed by atoms with Gasteiger partial charge in [0.15, 0.2) is 0 Å². The molecule has 0 saturated heterocycles. The first-order valence-electron chi connectivity index (χ1n) is 7.02. The molecule has 6 heteroatoms. The first kappa shape index (κ1) is 15.8. The van der Waals surface area contributed by atoms with Crippen molar-refractivity contribution >= 4 is 21.6 Å². The van der Waals surface area contributed by atoms with Crippen molar-refractivity contribution in [3.63, 3.8) is 0 Å². The molecule has 1 heterocycles. The van der Waals surface area contributed by atoms with Gasteiger partial charge in [-0.3, -0.25) is 0 Å². The van der Waals surface area contributed by atoms with Gasteiger partial charge < -0.3 is 4.98 Å². The average Bonchev–Trinajstić information content (AvgIpc) is 3.09.